The van der Waals surface area contributed by atoms with E-state index in [4.69, 9.17) is 12.2 Å². The first-order chi connectivity index (χ1) is 6.73. The minimum absolute atomic E-state index is 0.353. The van der Waals surface area contributed by atoms with Crippen molar-refractivity contribution in [3.8, 4) is 0 Å². The van der Waals surface area contributed by atoms with Crippen LogP contribution in [-0.2, 0) is 0 Å². The predicted molar refractivity (Wildman–Crippen MR) is 67.9 cm³/mol. The van der Waals surface area contributed by atoms with Gasteiger partial charge in [0.15, 0.2) is 0 Å². The Balaban J connectivity index is 2.52. The topological polar surface area (TPSA) is 0 Å². The van der Waals surface area contributed by atoms with E-state index in [1.165, 1.54) is 51.4 Å². The van der Waals surface area contributed by atoms with Crippen LogP contribution in [0.2, 0.25) is 0 Å². The van der Waals surface area contributed by atoms with Crippen molar-refractivity contribution in [2.24, 2.45) is 11.3 Å². The first kappa shape index (κ1) is 12.2. The van der Waals surface area contributed by atoms with Crippen LogP contribution in [0.5, 0.6) is 0 Å². The summed E-state index contributed by atoms with van der Waals surface area (Å²) in [6.07, 6.45) is 11.0. The fourth-order valence-corrected chi connectivity index (χ4v) is 2.99. The van der Waals surface area contributed by atoms with Crippen LogP contribution >= 0.6 is 12.2 Å². The highest BCUT2D eigenvalue weighted by Gasteiger charge is 2.32. The van der Waals surface area contributed by atoms with Crippen molar-refractivity contribution >= 4 is 17.6 Å². The Kier molecular flexibility index (Phi) is 5.08. The average molecular weight is 212 g/mol. The summed E-state index contributed by atoms with van der Waals surface area (Å²) in [6, 6.07) is 0. The van der Waals surface area contributed by atoms with E-state index in [1.54, 1.807) is 0 Å². The second kappa shape index (κ2) is 5.85. The van der Waals surface area contributed by atoms with E-state index in [9.17, 15) is 0 Å². The standard InChI is InChI=1S/C13H24S/c1-3-4-10-13(2,11-14)12-8-6-5-7-9-12/h11-12H,3-10H2,1-2H3. The summed E-state index contributed by atoms with van der Waals surface area (Å²) in [5.74, 6) is 0.875. The Morgan fingerprint density at radius 3 is 2.43 bits per heavy atom. The highest BCUT2D eigenvalue weighted by molar-refractivity contribution is 7.79. The number of unbranched alkanes of at least 4 members (excludes halogenated alkanes) is 1. The van der Waals surface area contributed by atoms with Gasteiger partial charge in [-0.25, -0.2) is 0 Å². The molecule has 1 atom stereocenters. The molecular formula is C13H24S. The first-order valence-corrected chi connectivity index (χ1v) is 6.66. The van der Waals surface area contributed by atoms with Crippen LogP contribution in [0, 0.1) is 11.3 Å². The Morgan fingerprint density at radius 2 is 1.93 bits per heavy atom. The predicted octanol–water partition coefficient (Wildman–Crippen LogP) is 4.76. The van der Waals surface area contributed by atoms with E-state index in [1.807, 2.05) is 0 Å². The summed E-state index contributed by atoms with van der Waals surface area (Å²) in [6.45, 7) is 4.65. The van der Waals surface area contributed by atoms with Crippen LogP contribution in [0.4, 0.5) is 0 Å². The van der Waals surface area contributed by atoms with E-state index < -0.39 is 0 Å². The summed E-state index contributed by atoms with van der Waals surface area (Å²) in [7, 11) is 0. The van der Waals surface area contributed by atoms with E-state index >= 15 is 0 Å². The maximum absolute atomic E-state index is 5.26. The van der Waals surface area contributed by atoms with Gasteiger partial charge >= 0.3 is 0 Å². The molecule has 0 aliphatic heterocycles. The third kappa shape index (κ3) is 3.05. The molecule has 0 spiro atoms. The minimum Gasteiger partial charge on any atom is -0.0929 e. The van der Waals surface area contributed by atoms with Crippen molar-refractivity contribution in [2.75, 3.05) is 0 Å². The van der Waals surface area contributed by atoms with Crippen LogP contribution in [0.15, 0.2) is 0 Å². The van der Waals surface area contributed by atoms with Gasteiger partial charge in [0.05, 0.1) is 0 Å². The zero-order valence-electron chi connectivity index (χ0n) is 9.72. The summed E-state index contributed by atoms with van der Waals surface area (Å²) in [5.41, 5.74) is 0.353. The van der Waals surface area contributed by atoms with Crippen molar-refractivity contribution in [3.63, 3.8) is 0 Å². The van der Waals surface area contributed by atoms with E-state index in [0.29, 0.717) is 5.41 Å². The lowest BCUT2D eigenvalue weighted by Gasteiger charge is -2.37. The molecule has 1 heteroatoms. The normalized spacial score (nSPS) is 23.0. The molecule has 0 radical (unpaired) electrons. The van der Waals surface area contributed by atoms with Crippen molar-refractivity contribution < 1.29 is 0 Å². The molecule has 1 aliphatic rings. The van der Waals surface area contributed by atoms with Gasteiger partial charge in [-0.05, 0) is 36.0 Å². The molecule has 0 aromatic heterocycles. The van der Waals surface area contributed by atoms with E-state index in [2.05, 4.69) is 19.2 Å². The molecule has 0 nitrogen and oxygen atoms in total. The molecule has 1 saturated carbocycles. The molecule has 82 valence electrons. The van der Waals surface area contributed by atoms with Crippen molar-refractivity contribution in [1.29, 1.82) is 0 Å². The number of hydrogen-bond donors (Lipinski definition) is 0. The van der Waals surface area contributed by atoms with E-state index in [0.717, 1.165) is 5.92 Å². The van der Waals surface area contributed by atoms with Gasteiger partial charge in [-0.15, -0.1) is 0 Å². The van der Waals surface area contributed by atoms with E-state index in [-0.39, 0.29) is 0 Å². The van der Waals surface area contributed by atoms with Gasteiger partial charge in [0.2, 0.25) is 0 Å². The lowest BCUT2D eigenvalue weighted by molar-refractivity contribution is 0.201. The van der Waals surface area contributed by atoms with Crippen LogP contribution in [-0.4, -0.2) is 5.37 Å². The molecule has 0 N–H and O–H groups in total. The minimum atomic E-state index is 0.353. The molecule has 0 heterocycles. The Labute approximate surface area is 94.5 Å². The molecule has 14 heavy (non-hydrogen) atoms. The van der Waals surface area contributed by atoms with Crippen molar-refractivity contribution in [3.05, 3.63) is 0 Å². The van der Waals surface area contributed by atoms with Gasteiger partial charge in [-0.3, -0.25) is 0 Å². The number of rotatable bonds is 5. The highest BCUT2D eigenvalue weighted by atomic mass is 32.1. The Bertz CT molecular complexity index is 170. The van der Waals surface area contributed by atoms with Gasteiger partial charge in [0, 0.05) is 0 Å². The van der Waals surface area contributed by atoms with Crippen LogP contribution in [0.1, 0.15) is 65.2 Å². The second-order valence-electron chi connectivity index (χ2n) is 5.06. The molecule has 0 aromatic rings. The molecular weight excluding hydrogens is 188 g/mol. The van der Waals surface area contributed by atoms with Gasteiger partial charge in [-0.1, -0.05) is 58.2 Å². The third-order valence-electron chi connectivity index (χ3n) is 3.88. The highest BCUT2D eigenvalue weighted by Crippen LogP contribution is 2.40. The van der Waals surface area contributed by atoms with Gasteiger partial charge in [0.1, 0.15) is 0 Å². The van der Waals surface area contributed by atoms with Crippen LogP contribution < -0.4 is 0 Å². The van der Waals surface area contributed by atoms with Crippen LogP contribution in [0.25, 0.3) is 0 Å². The van der Waals surface area contributed by atoms with Crippen molar-refractivity contribution in [1.82, 2.24) is 0 Å². The zero-order valence-corrected chi connectivity index (χ0v) is 10.5. The molecule has 1 aliphatic carbocycles. The summed E-state index contributed by atoms with van der Waals surface area (Å²) >= 11 is 5.26. The fraction of sp³-hybridized carbons (Fsp3) is 0.923. The molecule has 0 amide bonds. The molecule has 1 rings (SSSR count). The average Bonchev–Trinajstić information content (AvgIpc) is 2.27. The monoisotopic (exact) mass is 212 g/mol. The summed E-state index contributed by atoms with van der Waals surface area (Å²) in [5, 5.41) is 2.07. The largest absolute Gasteiger partial charge is 0.0929 e. The summed E-state index contributed by atoms with van der Waals surface area (Å²) < 4.78 is 0. The smallest absolute Gasteiger partial charge is 0.00137 e. The first-order valence-electron chi connectivity index (χ1n) is 6.19. The molecule has 1 fully saturated rings. The summed E-state index contributed by atoms with van der Waals surface area (Å²) in [4.78, 5) is 0. The quantitative estimate of drug-likeness (QED) is 0.592. The fourth-order valence-electron chi connectivity index (χ4n) is 2.68. The molecule has 0 saturated heterocycles. The molecule has 0 aromatic carbocycles. The maximum atomic E-state index is 5.26. The van der Waals surface area contributed by atoms with Gasteiger partial charge in [0.25, 0.3) is 0 Å². The second-order valence-corrected chi connectivity index (χ2v) is 5.30. The maximum Gasteiger partial charge on any atom is -0.00137 e. The van der Waals surface area contributed by atoms with Gasteiger partial charge in [-0.2, -0.15) is 0 Å². The number of hydrogen-bond acceptors (Lipinski definition) is 1. The number of thiocarbonyl (C=S) groups is 1. The third-order valence-corrected chi connectivity index (χ3v) is 4.41. The SMILES string of the molecule is CCCCC(C)(C=S)C1CCCCC1. The molecule has 0 bridgehead atoms. The van der Waals surface area contributed by atoms with Crippen molar-refractivity contribution in [2.45, 2.75) is 65.2 Å². The van der Waals surface area contributed by atoms with Crippen LogP contribution in [0.3, 0.4) is 0 Å². The van der Waals surface area contributed by atoms with Gasteiger partial charge < -0.3 is 0 Å². The lowest BCUT2D eigenvalue weighted by atomic mass is 9.69. The Hall–Kier alpha value is 0.0900. The lowest BCUT2D eigenvalue weighted by Crippen LogP contribution is -2.30. The Morgan fingerprint density at radius 1 is 1.29 bits per heavy atom. The zero-order chi connectivity index (χ0) is 10.4. The molecule has 1 unspecified atom stereocenters.